The first-order valence-electron chi connectivity index (χ1n) is 50.2. The number of likely N-dealkylation sites (tertiary alicyclic amines) is 1. The van der Waals surface area contributed by atoms with Crippen LogP contribution >= 0.6 is 0 Å². The van der Waals surface area contributed by atoms with Crippen LogP contribution in [0.4, 0.5) is 9.59 Å². The third kappa shape index (κ3) is 36.7. The van der Waals surface area contributed by atoms with Crippen LogP contribution in [0.2, 0.25) is 0 Å². The number of ether oxygens (including phenoxy) is 7. The number of alkyl carbamates (subject to hydrolysis) is 2. The molecule has 796 valence electrons. The zero-order chi connectivity index (χ0) is 108. The van der Waals surface area contributed by atoms with E-state index in [9.17, 15) is 29.1 Å². The Kier molecular flexibility index (Phi) is 41.3. The van der Waals surface area contributed by atoms with E-state index in [1.807, 2.05) is 145 Å². The number of carbonyl (C=O) groups excluding carboxylic acids is 13. The van der Waals surface area contributed by atoms with E-state index in [0.29, 0.717) is 45.7 Å². The maximum absolute atomic E-state index is 15.8. The van der Waals surface area contributed by atoms with E-state index in [1.165, 1.54) is 18.7 Å². The number of aliphatic carboxylic acids is 1. The Morgan fingerprint density at radius 1 is 0.401 bits per heavy atom. The molecule has 11 atom stereocenters. The molecule has 0 spiro atoms. The summed E-state index contributed by atoms with van der Waals surface area (Å²) in [4.78, 5) is 208. The van der Waals surface area contributed by atoms with E-state index in [4.69, 9.17) is 33.2 Å². The molecule has 9 rings (SSSR count). The van der Waals surface area contributed by atoms with Gasteiger partial charge in [-0.15, -0.1) is 0 Å². The molecule has 13 N–H and O–H groups in total. The summed E-state index contributed by atoms with van der Waals surface area (Å²) in [5.74, 6) is -11.5. The number of benzene rings is 7. The zero-order valence-corrected chi connectivity index (χ0v) is 88.8. The first-order chi connectivity index (χ1) is 68.9. The second kappa shape index (κ2) is 52.0. The lowest BCUT2D eigenvalue weighted by Gasteiger charge is -2.37. The van der Waals surface area contributed by atoms with Crippen molar-refractivity contribution in [1.29, 1.82) is 0 Å². The number of carbonyl (C=O) groups is 14. The summed E-state index contributed by atoms with van der Waals surface area (Å²) < 4.78 is 42.4. The monoisotopic (exact) mass is 2030 g/mol. The second-order valence-electron chi connectivity index (χ2n) is 43.5. The van der Waals surface area contributed by atoms with Crippen molar-refractivity contribution in [3.05, 3.63) is 227 Å². The van der Waals surface area contributed by atoms with Gasteiger partial charge in [0, 0.05) is 31.8 Å². The molecule has 13 amide bonds. The highest BCUT2D eigenvalue weighted by Crippen LogP contribution is 2.45. The van der Waals surface area contributed by atoms with Gasteiger partial charge in [0.2, 0.25) is 65.0 Å². The van der Waals surface area contributed by atoms with Crippen LogP contribution in [0.1, 0.15) is 236 Å². The van der Waals surface area contributed by atoms with Gasteiger partial charge in [0.05, 0.1) is 49.1 Å². The van der Waals surface area contributed by atoms with Gasteiger partial charge >= 0.3 is 18.2 Å². The Hall–Kier alpha value is -13.8. The van der Waals surface area contributed by atoms with E-state index >= 15 is 43.2 Å². The third-order valence-electron chi connectivity index (χ3n) is 23.8. The van der Waals surface area contributed by atoms with Crippen LogP contribution in [0.3, 0.4) is 0 Å². The van der Waals surface area contributed by atoms with Crippen LogP contribution in [0.25, 0.3) is 11.1 Å². The number of carboxylic acids is 1. The van der Waals surface area contributed by atoms with Gasteiger partial charge in [-0.1, -0.05) is 178 Å². The minimum atomic E-state index is -1.90. The van der Waals surface area contributed by atoms with Crippen molar-refractivity contribution in [3.8, 4) is 22.6 Å². The third-order valence-corrected chi connectivity index (χ3v) is 23.8. The second-order valence-corrected chi connectivity index (χ2v) is 43.5. The van der Waals surface area contributed by atoms with Crippen LogP contribution in [0.5, 0.6) is 11.5 Å². The van der Waals surface area contributed by atoms with Crippen molar-refractivity contribution in [2.24, 2.45) is 5.92 Å². The molecule has 35 heteroatoms. The summed E-state index contributed by atoms with van der Waals surface area (Å²) in [7, 11) is 0. The van der Waals surface area contributed by atoms with Gasteiger partial charge < -0.3 is 107 Å². The molecule has 1 heterocycles. The molecule has 147 heavy (non-hydrogen) atoms. The first kappa shape index (κ1) is 117. The molecular weight excluding hydrogens is 1880 g/mol. The maximum Gasteiger partial charge on any atom is 0.407 e. The van der Waals surface area contributed by atoms with Crippen molar-refractivity contribution >= 4 is 83.1 Å². The number of hydrogen-bond donors (Lipinski definition) is 13. The smallest absolute Gasteiger partial charge is 0.407 e. The van der Waals surface area contributed by atoms with E-state index in [-0.39, 0.29) is 64.1 Å². The predicted octanol–water partition coefficient (Wildman–Crippen LogP) is 11.5. The van der Waals surface area contributed by atoms with Crippen molar-refractivity contribution in [2.75, 3.05) is 39.5 Å². The van der Waals surface area contributed by atoms with E-state index in [1.54, 1.807) is 182 Å². The van der Waals surface area contributed by atoms with Gasteiger partial charge in [-0.25, -0.2) is 14.4 Å². The average molecular weight is 2030 g/mol. The quantitative estimate of drug-likeness (QED) is 0.0124. The predicted molar refractivity (Wildman–Crippen MR) is 556 cm³/mol. The Labute approximate surface area is 863 Å². The fourth-order valence-electron chi connectivity index (χ4n) is 17.1. The average Bonchev–Trinajstić information content (AvgIpc) is 1.72. The SMILES string of the molecule is CC(C)[C@H](NC(=O)OCC1c2ccccc2-c2ccccc21)C(=O)N[C@@H](Cc1ccc(OC(C)(C)C)cc1)C(=O)N[C@@H](CC(=O)NC(c1ccccc1)(c1ccccc1)c1ccccc1)C(=O)NCC(=O)N[C@H](C(=O)N[C@@H](COC(C)(C)C)C(=O)N[C@@H](CCCCNC(=O)OC(C)(C)C)C(=O)N[C@@H](Cc1ccc(OC(C)(C)C)cc1)C(=O)N[C@@H](COC(C)(C)C)C(=O)N[C@@H](C)C(=O)N1CCC[C@H]1C(=O)O)[C@@H](C)OC(C)(C)C. The standard InChI is InChI=1S/C112H151N13O22/c1-68(2)92(123-105(140)141-65-82-80-47-34-32-45-78(80)79-46-33-35-48-81(79)82)100(134)119-85(62-72-53-57-77(58-54-72)146-110(17,18)19)96(130)118-86(63-90(126)124-112(73-39-26-23-27-40-73,74-41-28-24-29-42-74)75-43-30-25-31-44-75)94(128)114-64-91(127)122-93(70(4)144-108(11,12)13)101(135)121-88(67-143-107(8,9)10)99(133)116-83(49-36-37-59-113-104(139)147-111(20,21)22)95(129)117-84(61-71-51-55-76(56-52-71)145-109(14,15)16)97(131)120-87(66-142-106(5,6)7)98(132)115-69(3)102(136)125-60-38-50-89(125)103(137)138/h23-35,39-48,51-58,68-70,82-89,92-93H,36-38,49-50,59-67H2,1-22H3,(H,113,139)(H,114,128)(H,115,132)(H,116,133)(H,117,129)(H,118,130)(H,119,134)(H,120,131)(H,121,135)(H,122,127)(H,123,140)(H,124,126)(H,137,138)/t69-,70+,83-,84-,85-,86-,87-,88-,89-,92-,93-/m0/s1. The van der Waals surface area contributed by atoms with Crippen LogP contribution < -0.4 is 73.3 Å². The number of amides is 13. The van der Waals surface area contributed by atoms with E-state index < -0.39 is 221 Å². The molecule has 7 aromatic carbocycles. The number of fused-ring (bicyclic) bond motifs is 3. The topological polar surface area (TPSA) is 471 Å². The van der Waals surface area contributed by atoms with Gasteiger partial charge in [-0.3, -0.25) is 52.7 Å². The molecule has 0 radical (unpaired) electrons. The molecule has 1 fully saturated rings. The number of carboxylic acid groups (broad SMARTS) is 1. The Balaban J connectivity index is 1.03. The van der Waals surface area contributed by atoms with Crippen molar-refractivity contribution in [2.45, 2.75) is 315 Å². The zero-order valence-electron chi connectivity index (χ0n) is 88.8. The Morgan fingerprint density at radius 3 is 1.28 bits per heavy atom. The first-order valence-corrected chi connectivity index (χ1v) is 50.2. The molecule has 1 aliphatic heterocycles. The molecular formula is C112H151N13O22. The van der Waals surface area contributed by atoms with Crippen molar-refractivity contribution in [3.63, 3.8) is 0 Å². The van der Waals surface area contributed by atoms with Crippen molar-refractivity contribution < 1.29 is 105 Å². The summed E-state index contributed by atoms with van der Waals surface area (Å²) in [6.45, 7) is 35.8. The summed E-state index contributed by atoms with van der Waals surface area (Å²) in [5.41, 5.74) is 0.150. The highest BCUT2D eigenvalue weighted by atomic mass is 16.6. The Morgan fingerprint density at radius 2 is 0.823 bits per heavy atom. The molecule has 0 unspecified atom stereocenters. The molecule has 1 aliphatic carbocycles. The number of hydrogen-bond acceptors (Lipinski definition) is 21. The van der Waals surface area contributed by atoms with Gasteiger partial charge in [-0.2, -0.15) is 0 Å². The van der Waals surface area contributed by atoms with Gasteiger partial charge in [0.25, 0.3) is 0 Å². The van der Waals surface area contributed by atoms with Gasteiger partial charge in [0.15, 0.2) is 0 Å². The molecule has 35 nitrogen and oxygen atoms in total. The lowest BCUT2D eigenvalue weighted by atomic mass is 9.77. The number of rotatable bonds is 47. The normalized spacial score (nSPS) is 15.4. The molecule has 0 bridgehead atoms. The molecule has 0 aromatic heterocycles. The van der Waals surface area contributed by atoms with Crippen LogP contribution in [0, 0.1) is 5.92 Å². The van der Waals surface area contributed by atoms with Crippen LogP contribution in [-0.4, -0.2) is 233 Å². The van der Waals surface area contributed by atoms with Crippen LogP contribution in [-0.2, 0) is 99.6 Å². The van der Waals surface area contributed by atoms with E-state index in [0.717, 1.165) is 22.3 Å². The minimum absolute atomic E-state index is 0.0271. The number of nitrogens with one attached hydrogen (secondary N) is 12. The summed E-state index contributed by atoms with van der Waals surface area (Å²) in [6, 6.07) is 40.9. The number of nitrogens with zero attached hydrogens (tertiary/aromatic N) is 1. The molecule has 1 saturated heterocycles. The summed E-state index contributed by atoms with van der Waals surface area (Å²) in [6.07, 6.45) is -3.57. The molecule has 7 aromatic rings. The van der Waals surface area contributed by atoms with Gasteiger partial charge in [0.1, 0.15) is 101 Å². The van der Waals surface area contributed by atoms with Gasteiger partial charge in [-0.05, 0) is 251 Å². The summed E-state index contributed by atoms with van der Waals surface area (Å²) in [5, 5.41) is 43.1. The lowest BCUT2D eigenvalue weighted by molar-refractivity contribution is -0.149. The van der Waals surface area contributed by atoms with Crippen molar-refractivity contribution in [1.82, 2.24) is 68.7 Å². The maximum atomic E-state index is 15.8. The fourth-order valence-corrected chi connectivity index (χ4v) is 17.1. The molecule has 2 aliphatic rings. The van der Waals surface area contributed by atoms with E-state index in [2.05, 4.69) is 63.8 Å². The molecule has 0 saturated carbocycles. The van der Waals surface area contributed by atoms with Crippen LogP contribution in [0.15, 0.2) is 188 Å². The lowest BCUT2D eigenvalue weighted by Crippen LogP contribution is -2.62. The number of unbranched alkanes of at least 4 members (excludes halogenated alkanes) is 1. The highest BCUT2D eigenvalue weighted by molar-refractivity contribution is 6.00. The summed E-state index contributed by atoms with van der Waals surface area (Å²) >= 11 is 0. The highest BCUT2D eigenvalue weighted by Gasteiger charge is 2.44. The Bertz CT molecular complexity index is 5510. The fraction of sp³-hybridized carbons (Fsp3) is 0.500. The minimum Gasteiger partial charge on any atom is -0.488 e. The largest absolute Gasteiger partial charge is 0.488 e.